The summed E-state index contributed by atoms with van der Waals surface area (Å²) in [5.74, 6) is -0.262. The molecule has 1 N–H and O–H groups in total. The lowest BCUT2D eigenvalue weighted by molar-refractivity contribution is -0.0158. The average molecular weight is 235 g/mol. The quantitative estimate of drug-likeness (QED) is 0.815. The van der Waals surface area contributed by atoms with Gasteiger partial charge < -0.3 is 14.8 Å². The molecule has 0 saturated carbocycles. The summed E-state index contributed by atoms with van der Waals surface area (Å²) in [6.07, 6.45) is 1.56. The number of rotatable bonds is 3. The number of carbonyl (C=O) groups is 1. The number of para-hydroxylation sites is 1. The summed E-state index contributed by atoms with van der Waals surface area (Å²) in [7, 11) is 1.79. The van der Waals surface area contributed by atoms with E-state index in [1.807, 2.05) is 18.2 Å². The first-order chi connectivity index (χ1) is 8.31. The van der Waals surface area contributed by atoms with E-state index in [0.717, 1.165) is 18.5 Å². The fraction of sp³-hybridized carbons (Fsp3) is 0.462. The Morgan fingerprint density at radius 1 is 1.35 bits per heavy atom. The smallest absolute Gasteiger partial charge is 0.340 e. The minimum atomic E-state index is -0.262. The summed E-state index contributed by atoms with van der Waals surface area (Å²) in [4.78, 5) is 12.0. The standard InChI is InChI=1S/C13H17NO3/c1-14-12-5-3-2-4-11(12)13(15)17-10-6-8-16-9-7-10/h2-5,10,14H,6-9H2,1H3. The monoisotopic (exact) mass is 235 g/mol. The first kappa shape index (κ1) is 11.9. The normalized spacial score (nSPS) is 16.5. The third-order valence-electron chi connectivity index (χ3n) is 2.86. The van der Waals surface area contributed by atoms with Gasteiger partial charge in [-0.3, -0.25) is 0 Å². The molecular formula is C13H17NO3. The van der Waals surface area contributed by atoms with Crippen molar-refractivity contribution in [3.63, 3.8) is 0 Å². The minimum Gasteiger partial charge on any atom is -0.459 e. The molecule has 4 heteroatoms. The van der Waals surface area contributed by atoms with Gasteiger partial charge in [-0.25, -0.2) is 4.79 Å². The van der Waals surface area contributed by atoms with Crippen molar-refractivity contribution in [1.29, 1.82) is 0 Å². The van der Waals surface area contributed by atoms with Crippen LogP contribution in [0.5, 0.6) is 0 Å². The number of esters is 1. The second-order valence-corrected chi connectivity index (χ2v) is 4.01. The number of carbonyl (C=O) groups excluding carboxylic acids is 1. The van der Waals surface area contributed by atoms with Crippen molar-refractivity contribution in [2.24, 2.45) is 0 Å². The topological polar surface area (TPSA) is 47.6 Å². The molecule has 1 saturated heterocycles. The number of nitrogens with one attached hydrogen (secondary N) is 1. The van der Waals surface area contributed by atoms with E-state index >= 15 is 0 Å². The van der Waals surface area contributed by atoms with Crippen molar-refractivity contribution in [3.8, 4) is 0 Å². The molecule has 1 aromatic rings. The highest BCUT2D eigenvalue weighted by Gasteiger charge is 2.20. The van der Waals surface area contributed by atoms with Crippen LogP contribution in [0.25, 0.3) is 0 Å². The van der Waals surface area contributed by atoms with Crippen molar-refractivity contribution in [1.82, 2.24) is 0 Å². The van der Waals surface area contributed by atoms with Gasteiger partial charge in [0.05, 0.1) is 18.8 Å². The van der Waals surface area contributed by atoms with Crippen LogP contribution in [0, 0.1) is 0 Å². The van der Waals surface area contributed by atoms with Crippen LogP contribution in [0.15, 0.2) is 24.3 Å². The molecule has 4 nitrogen and oxygen atoms in total. The molecule has 1 aromatic carbocycles. The summed E-state index contributed by atoms with van der Waals surface area (Å²) in [6.45, 7) is 1.34. The van der Waals surface area contributed by atoms with E-state index in [1.165, 1.54) is 0 Å². The predicted octanol–water partition coefficient (Wildman–Crippen LogP) is 2.06. The highest BCUT2D eigenvalue weighted by Crippen LogP contribution is 2.18. The molecule has 0 amide bonds. The van der Waals surface area contributed by atoms with Gasteiger partial charge in [-0.15, -0.1) is 0 Å². The molecule has 1 aliphatic rings. The largest absolute Gasteiger partial charge is 0.459 e. The zero-order valence-corrected chi connectivity index (χ0v) is 9.94. The maximum absolute atomic E-state index is 12.0. The van der Waals surface area contributed by atoms with Gasteiger partial charge in [0.15, 0.2) is 0 Å². The van der Waals surface area contributed by atoms with E-state index in [1.54, 1.807) is 13.1 Å². The van der Waals surface area contributed by atoms with Gasteiger partial charge in [0.2, 0.25) is 0 Å². The van der Waals surface area contributed by atoms with Crippen LogP contribution in [-0.4, -0.2) is 32.3 Å². The number of hydrogen-bond acceptors (Lipinski definition) is 4. The molecule has 92 valence electrons. The average Bonchev–Trinajstić information content (AvgIpc) is 2.40. The zero-order chi connectivity index (χ0) is 12.1. The summed E-state index contributed by atoms with van der Waals surface area (Å²) < 4.78 is 10.7. The van der Waals surface area contributed by atoms with E-state index in [-0.39, 0.29) is 12.1 Å². The van der Waals surface area contributed by atoms with Crippen LogP contribution in [-0.2, 0) is 9.47 Å². The Labute approximate surface area is 101 Å². The molecule has 0 bridgehead atoms. The Balaban J connectivity index is 2.03. The molecule has 17 heavy (non-hydrogen) atoms. The van der Waals surface area contributed by atoms with Gasteiger partial charge in [-0.1, -0.05) is 12.1 Å². The molecule has 0 spiro atoms. The molecule has 0 atom stereocenters. The summed E-state index contributed by atoms with van der Waals surface area (Å²) >= 11 is 0. The van der Waals surface area contributed by atoms with Gasteiger partial charge in [0.1, 0.15) is 6.10 Å². The Bertz CT molecular complexity index is 386. The van der Waals surface area contributed by atoms with E-state index < -0.39 is 0 Å². The minimum absolute atomic E-state index is 0.0128. The molecule has 1 fully saturated rings. The third-order valence-corrected chi connectivity index (χ3v) is 2.86. The highest BCUT2D eigenvalue weighted by molar-refractivity contribution is 5.95. The first-order valence-corrected chi connectivity index (χ1v) is 5.87. The second-order valence-electron chi connectivity index (χ2n) is 4.01. The van der Waals surface area contributed by atoms with Crippen LogP contribution in [0.1, 0.15) is 23.2 Å². The molecule has 0 radical (unpaired) electrons. The fourth-order valence-electron chi connectivity index (χ4n) is 1.89. The Kier molecular flexibility index (Phi) is 3.98. The van der Waals surface area contributed by atoms with Gasteiger partial charge in [-0.05, 0) is 12.1 Å². The van der Waals surface area contributed by atoms with Crippen molar-refractivity contribution < 1.29 is 14.3 Å². The van der Waals surface area contributed by atoms with E-state index in [9.17, 15) is 4.79 Å². The number of anilines is 1. The van der Waals surface area contributed by atoms with Crippen molar-refractivity contribution in [2.75, 3.05) is 25.6 Å². The molecular weight excluding hydrogens is 218 g/mol. The van der Waals surface area contributed by atoms with Crippen LogP contribution in [0.4, 0.5) is 5.69 Å². The van der Waals surface area contributed by atoms with Gasteiger partial charge in [0, 0.05) is 25.6 Å². The molecule has 1 heterocycles. The summed E-state index contributed by atoms with van der Waals surface area (Å²) in [6, 6.07) is 7.35. The van der Waals surface area contributed by atoms with Gasteiger partial charge in [0.25, 0.3) is 0 Å². The third kappa shape index (κ3) is 2.97. The van der Waals surface area contributed by atoms with Crippen LogP contribution >= 0.6 is 0 Å². The lowest BCUT2D eigenvalue weighted by Crippen LogP contribution is -2.26. The predicted molar refractivity (Wildman–Crippen MR) is 65.2 cm³/mol. The Morgan fingerprint density at radius 3 is 2.76 bits per heavy atom. The Morgan fingerprint density at radius 2 is 2.06 bits per heavy atom. The zero-order valence-electron chi connectivity index (χ0n) is 9.94. The SMILES string of the molecule is CNc1ccccc1C(=O)OC1CCOCC1. The maximum atomic E-state index is 12.0. The lowest BCUT2D eigenvalue weighted by atomic mass is 10.1. The number of ether oxygens (including phenoxy) is 2. The van der Waals surface area contributed by atoms with Crippen molar-refractivity contribution >= 4 is 11.7 Å². The number of benzene rings is 1. The van der Waals surface area contributed by atoms with Crippen molar-refractivity contribution in [2.45, 2.75) is 18.9 Å². The maximum Gasteiger partial charge on any atom is 0.340 e. The molecule has 0 unspecified atom stereocenters. The highest BCUT2D eigenvalue weighted by atomic mass is 16.6. The molecule has 0 aliphatic carbocycles. The van der Waals surface area contributed by atoms with E-state index in [2.05, 4.69) is 5.32 Å². The number of hydrogen-bond donors (Lipinski definition) is 1. The summed E-state index contributed by atoms with van der Waals surface area (Å²) in [5.41, 5.74) is 1.38. The summed E-state index contributed by atoms with van der Waals surface area (Å²) in [5, 5.41) is 2.99. The molecule has 2 rings (SSSR count). The van der Waals surface area contributed by atoms with Crippen LogP contribution in [0.3, 0.4) is 0 Å². The van der Waals surface area contributed by atoms with Gasteiger partial charge in [-0.2, -0.15) is 0 Å². The van der Waals surface area contributed by atoms with E-state index in [0.29, 0.717) is 18.8 Å². The van der Waals surface area contributed by atoms with Gasteiger partial charge >= 0.3 is 5.97 Å². The van der Waals surface area contributed by atoms with Crippen molar-refractivity contribution in [3.05, 3.63) is 29.8 Å². The first-order valence-electron chi connectivity index (χ1n) is 5.87. The van der Waals surface area contributed by atoms with Crippen LogP contribution in [0.2, 0.25) is 0 Å². The van der Waals surface area contributed by atoms with Crippen LogP contribution < -0.4 is 5.32 Å². The Hall–Kier alpha value is -1.55. The second kappa shape index (κ2) is 5.68. The lowest BCUT2D eigenvalue weighted by Gasteiger charge is -2.22. The molecule has 0 aromatic heterocycles. The van der Waals surface area contributed by atoms with E-state index in [4.69, 9.17) is 9.47 Å². The fourth-order valence-corrected chi connectivity index (χ4v) is 1.89. The molecule has 1 aliphatic heterocycles.